The van der Waals surface area contributed by atoms with Crippen molar-refractivity contribution in [1.29, 1.82) is 0 Å². The number of hydrogen-bond donors (Lipinski definition) is 0. The molecular weight excluding hydrogens is 212 g/mol. The van der Waals surface area contributed by atoms with E-state index < -0.39 is 0 Å². The summed E-state index contributed by atoms with van der Waals surface area (Å²) >= 11 is 0. The average Bonchev–Trinajstić information content (AvgIpc) is 2.34. The Balaban J connectivity index is 2.72. The SMILES string of the molecule is CCCCCOc1ccc(C=O)cc1C(C)C. The van der Waals surface area contributed by atoms with E-state index >= 15 is 0 Å². The van der Waals surface area contributed by atoms with E-state index in [0.717, 1.165) is 36.2 Å². The van der Waals surface area contributed by atoms with Crippen LogP contribution in [-0.2, 0) is 0 Å². The summed E-state index contributed by atoms with van der Waals surface area (Å²) in [5.74, 6) is 1.29. The highest BCUT2D eigenvalue weighted by Gasteiger charge is 2.08. The zero-order valence-electron chi connectivity index (χ0n) is 11.0. The van der Waals surface area contributed by atoms with Crippen molar-refractivity contribution in [2.24, 2.45) is 0 Å². The molecule has 17 heavy (non-hydrogen) atoms. The maximum atomic E-state index is 10.8. The molecule has 94 valence electrons. The quantitative estimate of drug-likeness (QED) is 0.522. The smallest absolute Gasteiger partial charge is 0.150 e. The Bertz CT molecular complexity index is 356. The van der Waals surface area contributed by atoms with Gasteiger partial charge in [0, 0.05) is 5.56 Å². The van der Waals surface area contributed by atoms with Crippen molar-refractivity contribution < 1.29 is 9.53 Å². The maximum absolute atomic E-state index is 10.8. The second kappa shape index (κ2) is 7.10. The highest BCUT2D eigenvalue weighted by Crippen LogP contribution is 2.27. The van der Waals surface area contributed by atoms with E-state index in [-0.39, 0.29) is 0 Å². The van der Waals surface area contributed by atoms with Crippen LogP contribution in [0.15, 0.2) is 18.2 Å². The van der Waals surface area contributed by atoms with Crippen LogP contribution in [0.2, 0.25) is 0 Å². The number of carbonyl (C=O) groups is 1. The van der Waals surface area contributed by atoms with Crippen LogP contribution in [0.1, 0.15) is 61.9 Å². The molecule has 2 nitrogen and oxygen atoms in total. The summed E-state index contributed by atoms with van der Waals surface area (Å²) in [6, 6.07) is 5.64. The second-order valence-electron chi connectivity index (χ2n) is 4.63. The standard InChI is InChI=1S/C15H22O2/c1-4-5-6-9-17-15-8-7-13(11-16)10-14(15)12(2)3/h7-8,10-12H,4-6,9H2,1-3H3. The van der Waals surface area contributed by atoms with E-state index in [1.165, 1.54) is 12.8 Å². The van der Waals surface area contributed by atoms with Crippen molar-refractivity contribution in [2.75, 3.05) is 6.61 Å². The van der Waals surface area contributed by atoms with Gasteiger partial charge in [-0.3, -0.25) is 4.79 Å². The summed E-state index contributed by atoms with van der Waals surface area (Å²) in [5, 5.41) is 0. The third kappa shape index (κ3) is 4.22. The molecule has 1 aromatic rings. The third-order valence-electron chi connectivity index (χ3n) is 2.80. The molecule has 0 bridgehead atoms. The van der Waals surface area contributed by atoms with Crippen LogP contribution in [-0.4, -0.2) is 12.9 Å². The van der Waals surface area contributed by atoms with Crippen LogP contribution in [0.3, 0.4) is 0 Å². The van der Waals surface area contributed by atoms with E-state index in [1.54, 1.807) is 0 Å². The fourth-order valence-electron chi connectivity index (χ4n) is 1.76. The number of carbonyl (C=O) groups excluding carboxylic acids is 1. The fraction of sp³-hybridized carbons (Fsp3) is 0.533. The molecule has 2 heteroatoms. The molecule has 0 saturated heterocycles. The molecule has 0 radical (unpaired) electrons. The summed E-state index contributed by atoms with van der Waals surface area (Å²) in [6.07, 6.45) is 4.37. The molecular formula is C15H22O2. The average molecular weight is 234 g/mol. The molecule has 0 N–H and O–H groups in total. The number of benzene rings is 1. The van der Waals surface area contributed by atoms with Gasteiger partial charge >= 0.3 is 0 Å². The topological polar surface area (TPSA) is 26.3 Å². The lowest BCUT2D eigenvalue weighted by atomic mass is 10.00. The van der Waals surface area contributed by atoms with E-state index in [0.29, 0.717) is 5.92 Å². The van der Waals surface area contributed by atoms with Gasteiger partial charge in [-0.1, -0.05) is 33.6 Å². The summed E-state index contributed by atoms with van der Waals surface area (Å²) in [4.78, 5) is 10.8. The predicted octanol–water partition coefficient (Wildman–Crippen LogP) is 4.19. The Hall–Kier alpha value is -1.31. The van der Waals surface area contributed by atoms with Crippen LogP contribution in [0.4, 0.5) is 0 Å². The van der Waals surface area contributed by atoms with Crippen LogP contribution < -0.4 is 4.74 Å². The van der Waals surface area contributed by atoms with Crippen molar-refractivity contribution >= 4 is 6.29 Å². The van der Waals surface area contributed by atoms with Gasteiger partial charge in [0.2, 0.25) is 0 Å². The van der Waals surface area contributed by atoms with Crippen molar-refractivity contribution in [3.63, 3.8) is 0 Å². The Morgan fingerprint density at radius 3 is 2.65 bits per heavy atom. The minimum Gasteiger partial charge on any atom is -0.493 e. The van der Waals surface area contributed by atoms with Crippen LogP contribution in [0, 0.1) is 0 Å². The minimum atomic E-state index is 0.371. The normalized spacial score (nSPS) is 10.6. The van der Waals surface area contributed by atoms with Crippen LogP contribution >= 0.6 is 0 Å². The molecule has 0 aromatic heterocycles. The van der Waals surface area contributed by atoms with Gasteiger partial charge in [0.25, 0.3) is 0 Å². The first-order valence-electron chi connectivity index (χ1n) is 6.41. The third-order valence-corrected chi connectivity index (χ3v) is 2.80. The van der Waals surface area contributed by atoms with E-state index in [1.807, 2.05) is 18.2 Å². The molecule has 0 atom stereocenters. The van der Waals surface area contributed by atoms with Crippen molar-refractivity contribution in [2.45, 2.75) is 46.0 Å². The largest absolute Gasteiger partial charge is 0.493 e. The van der Waals surface area contributed by atoms with Gasteiger partial charge < -0.3 is 4.74 Å². The highest BCUT2D eigenvalue weighted by molar-refractivity contribution is 5.75. The fourth-order valence-corrected chi connectivity index (χ4v) is 1.76. The molecule has 1 rings (SSSR count). The number of unbranched alkanes of at least 4 members (excludes halogenated alkanes) is 2. The number of rotatable bonds is 7. The van der Waals surface area contributed by atoms with Crippen LogP contribution in [0.25, 0.3) is 0 Å². The van der Waals surface area contributed by atoms with Crippen LogP contribution in [0.5, 0.6) is 5.75 Å². The lowest BCUT2D eigenvalue weighted by Crippen LogP contribution is -2.02. The molecule has 0 fully saturated rings. The van der Waals surface area contributed by atoms with Gasteiger partial charge in [0.1, 0.15) is 12.0 Å². The van der Waals surface area contributed by atoms with E-state index in [9.17, 15) is 4.79 Å². The first-order chi connectivity index (χ1) is 8.19. The second-order valence-corrected chi connectivity index (χ2v) is 4.63. The Morgan fingerprint density at radius 2 is 2.06 bits per heavy atom. The van der Waals surface area contributed by atoms with Crippen molar-refractivity contribution in [1.82, 2.24) is 0 Å². The molecule has 0 amide bonds. The van der Waals surface area contributed by atoms with Gasteiger partial charge in [-0.2, -0.15) is 0 Å². The Morgan fingerprint density at radius 1 is 1.29 bits per heavy atom. The lowest BCUT2D eigenvalue weighted by molar-refractivity contribution is 0.112. The van der Waals surface area contributed by atoms with Gasteiger partial charge in [-0.15, -0.1) is 0 Å². The van der Waals surface area contributed by atoms with Gasteiger partial charge in [0.15, 0.2) is 0 Å². The molecule has 0 aliphatic rings. The van der Waals surface area contributed by atoms with E-state index in [2.05, 4.69) is 20.8 Å². The number of hydrogen-bond acceptors (Lipinski definition) is 2. The molecule has 0 aliphatic heterocycles. The van der Waals surface area contributed by atoms with Gasteiger partial charge in [-0.05, 0) is 36.1 Å². The predicted molar refractivity (Wildman–Crippen MR) is 70.9 cm³/mol. The summed E-state index contributed by atoms with van der Waals surface area (Å²) in [6.45, 7) is 7.16. The first-order valence-corrected chi connectivity index (χ1v) is 6.41. The molecule has 0 spiro atoms. The zero-order chi connectivity index (χ0) is 12.7. The van der Waals surface area contributed by atoms with Gasteiger partial charge in [0.05, 0.1) is 6.61 Å². The Labute approximate surface area is 104 Å². The highest BCUT2D eigenvalue weighted by atomic mass is 16.5. The van der Waals surface area contributed by atoms with Crippen molar-refractivity contribution in [3.8, 4) is 5.75 Å². The van der Waals surface area contributed by atoms with Crippen molar-refractivity contribution in [3.05, 3.63) is 29.3 Å². The zero-order valence-corrected chi connectivity index (χ0v) is 11.0. The number of aldehydes is 1. The Kier molecular flexibility index (Phi) is 5.75. The first kappa shape index (κ1) is 13.8. The minimum absolute atomic E-state index is 0.371. The van der Waals surface area contributed by atoms with E-state index in [4.69, 9.17) is 4.74 Å². The molecule has 1 aromatic carbocycles. The molecule has 0 unspecified atom stereocenters. The molecule has 0 heterocycles. The number of ether oxygens (including phenoxy) is 1. The molecule has 0 aliphatic carbocycles. The monoisotopic (exact) mass is 234 g/mol. The summed E-state index contributed by atoms with van der Waals surface area (Å²) in [5.41, 5.74) is 1.83. The molecule has 0 saturated carbocycles. The summed E-state index contributed by atoms with van der Waals surface area (Å²) in [7, 11) is 0. The van der Waals surface area contributed by atoms with Gasteiger partial charge in [-0.25, -0.2) is 0 Å². The summed E-state index contributed by atoms with van der Waals surface area (Å²) < 4.78 is 5.78. The lowest BCUT2D eigenvalue weighted by Gasteiger charge is -2.14. The maximum Gasteiger partial charge on any atom is 0.150 e.